The largest absolute Gasteiger partial charge is 0.453 e. The number of nitro benzene ring substituents is 2. The first kappa shape index (κ1) is 65.5. The fourth-order valence-corrected chi connectivity index (χ4v) is 6.76. The second kappa shape index (κ2) is 33.5. The van der Waals surface area contributed by atoms with Crippen molar-refractivity contribution < 1.29 is 54.5 Å². The van der Waals surface area contributed by atoms with Crippen LogP contribution in [-0.2, 0) is 30.9 Å². The van der Waals surface area contributed by atoms with Crippen LogP contribution in [0.15, 0.2) is 171 Å². The van der Waals surface area contributed by atoms with Crippen molar-refractivity contribution in [3.05, 3.63) is 260 Å². The van der Waals surface area contributed by atoms with Crippen molar-refractivity contribution in [2.24, 2.45) is 5.73 Å². The maximum Gasteiger partial charge on any atom is 0.411 e. The molecule has 1 amide bonds. The fourth-order valence-electron chi connectivity index (χ4n) is 6.76. The summed E-state index contributed by atoms with van der Waals surface area (Å²) in [5.41, 5.74) is 23.0. The minimum absolute atomic E-state index is 0.119. The summed E-state index contributed by atoms with van der Waals surface area (Å²) in [5, 5.41) is 26.4. The molecule has 0 aliphatic carbocycles. The van der Waals surface area contributed by atoms with Crippen molar-refractivity contribution in [1.29, 1.82) is 0 Å². The highest BCUT2D eigenvalue weighted by Gasteiger charge is 2.22. The molecule has 0 aliphatic heterocycles. The lowest BCUT2D eigenvalue weighted by atomic mass is 10.1. The molecule has 0 fully saturated rings. The van der Waals surface area contributed by atoms with Gasteiger partial charge in [0.15, 0.2) is 23.3 Å². The number of nitrogens with two attached hydrogens (primary N) is 4. The standard InChI is InChI=1S/C18H19F2N3O2.C16H15F2N3O2.C10H12FN.C7H8FN.C6H4F2N2O2/c1-3-10-23(11-12-4-6-13(19)7-5-12)15-9-8-14(17(21)16(15)20)22-18(24)25-2;1-2-9-20(10-11-3-5-12(17)6-4-11)13-7-8-14(21(22)23)16(19)15(13)18;1-2-7-12-8-9-3-5-10(11)6-4-9;8-7-3-1-6(5-9)2-4-7;7-3-1-2-4(10(11)12)6(9)5(3)8/h3-9H,1,10-11,21H2,2H3,(H,22,24);2-8H,1,9-10,19H2;2-6,12H,1,7-8H2;1-4H,5,9H2;1-2H,9H2. The maximum absolute atomic E-state index is 14.7. The summed E-state index contributed by atoms with van der Waals surface area (Å²) in [6, 6.07) is 31.3. The number of carbonyl (C=O) groups is 1. The van der Waals surface area contributed by atoms with E-state index in [1.807, 2.05) is 0 Å². The van der Waals surface area contributed by atoms with Gasteiger partial charge in [0, 0.05) is 57.9 Å². The lowest BCUT2D eigenvalue weighted by Gasteiger charge is -2.25. The minimum Gasteiger partial charge on any atom is -0.453 e. The second-order valence-electron chi connectivity index (χ2n) is 16.6. The van der Waals surface area contributed by atoms with Gasteiger partial charge in [-0.3, -0.25) is 25.5 Å². The number of rotatable bonds is 18. The summed E-state index contributed by atoms with van der Waals surface area (Å²) in [4.78, 5) is 33.9. The Morgan fingerprint density at radius 1 is 0.543 bits per heavy atom. The summed E-state index contributed by atoms with van der Waals surface area (Å²) >= 11 is 0. The third-order valence-corrected chi connectivity index (χ3v) is 10.9. The quantitative estimate of drug-likeness (QED) is 0.0117. The number of methoxy groups -OCH3 is 1. The Balaban J connectivity index is 0.000000280. The molecule has 0 spiro atoms. The highest BCUT2D eigenvalue weighted by molar-refractivity contribution is 5.90. The van der Waals surface area contributed by atoms with E-state index >= 15 is 0 Å². The molecule has 0 aliphatic rings. The van der Waals surface area contributed by atoms with E-state index in [-0.39, 0.29) is 52.6 Å². The number of amides is 1. The van der Waals surface area contributed by atoms with Gasteiger partial charge in [0.2, 0.25) is 0 Å². The van der Waals surface area contributed by atoms with Crippen LogP contribution in [0.3, 0.4) is 0 Å². The molecule has 428 valence electrons. The van der Waals surface area contributed by atoms with E-state index in [1.165, 1.54) is 73.8 Å². The summed E-state index contributed by atoms with van der Waals surface area (Å²) in [7, 11) is 1.20. The molecule has 0 aromatic heterocycles. The van der Waals surface area contributed by atoms with Crippen molar-refractivity contribution in [2.75, 3.05) is 59.1 Å². The van der Waals surface area contributed by atoms with Crippen molar-refractivity contribution in [2.45, 2.75) is 26.2 Å². The molecule has 0 unspecified atom stereocenters. The van der Waals surface area contributed by atoms with Gasteiger partial charge in [0.25, 0.3) is 11.4 Å². The van der Waals surface area contributed by atoms with Crippen LogP contribution in [0.2, 0.25) is 0 Å². The van der Waals surface area contributed by atoms with Gasteiger partial charge in [0.1, 0.15) is 34.6 Å². The Labute approximate surface area is 461 Å². The van der Waals surface area contributed by atoms with E-state index in [4.69, 9.17) is 22.9 Å². The molecule has 24 heteroatoms. The zero-order valence-corrected chi connectivity index (χ0v) is 43.6. The average Bonchev–Trinajstić information content (AvgIpc) is 3.44. The van der Waals surface area contributed by atoms with E-state index in [0.717, 1.165) is 47.5 Å². The molecule has 16 nitrogen and oxygen atoms in total. The molecule has 0 saturated carbocycles. The summed E-state index contributed by atoms with van der Waals surface area (Å²) in [5.74, 6) is -5.22. The molecule has 0 saturated heterocycles. The number of nitrogens with one attached hydrogen (secondary N) is 2. The molecule has 0 radical (unpaired) electrons. The van der Waals surface area contributed by atoms with E-state index in [1.54, 1.807) is 76.6 Å². The van der Waals surface area contributed by atoms with Crippen molar-refractivity contribution in [3.63, 3.8) is 0 Å². The first-order valence-corrected chi connectivity index (χ1v) is 23.8. The van der Waals surface area contributed by atoms with Crippen molar-refractivity contribution in [3.8, 4) is 0 Å². The smallest absolute Gasteiger partial charge is 0.411 e. The number of benzene rings is 7. The molecule has 0 atom stereocenters. The van der Waals surface area contributed by atoms with Crippen LogP contribution in [0.25, 0.3) is 0 Å². The molecule has 7 aromatic carbocycles. The Bertz CT molecular complexity index is 3200. The van der Waals surface area contributed by atoms with Gasteiger partial charge >= 0.3 is 6.09 Å². The van der Waals surface area contributed by atoms with Crippen LogP contribution in [0.1, 0.15) is 22.3 Å². The number of halogens is 8. The van der Waals surface area contributed by atoms with Gasteiger partial charge in [-0.15, -0.1) is 19.7 Å². The predicted molar refractivity (Wildman–Crippen MR) is 300 cm³/mol. The van der Waals surface area contributed by atoms with E-state index < -0.39 is 62.0 Å². The summed E-state index contributed by atoms with van der Waals surface area (Å²) < 4.78 is 109. The van der Waals surface area contributed by atoms with Crippen LogP contribution in [-0.4, -0.2) is 42.7 Å². The number of hydrogen-bond acceptors (Lipinski definition) is 13. The highest BCUT2D eigenvalue weighted by Crippen LogP contribution is 2.34. The first-order chi connectivity index (χ1) is 38.6. The van der Waals surface area contributed by atoms with Crippen LogP contribution in [0.4, 0.5) is 85.4 Å². The molecule has 10 N–H and O–H groups in total. The summed E-state index contributed by atoms with van der Waals surface area (Å²) in [6.45, 7) is 14.2. The van der Waals surface area contributed by atoms with Gasteiger partial charge in [0.05, 0.1) is 39.7 Å². The number of nitrogens with zero attached hydrogens (tertiary/aromatic N) is 4. The van der Waals surface area contributed by atoms with Crippen LogP contribution in [0, 0.1) is 66.8 Å². The lowest BCUT2D eigenvalue weighted by Crippen LogP contribution is -2.24. The SMILES string of the molecule is C=CCN(Cc1ccc(F)cc1)c1ccc(NC(=O)OC)c(N)c1F.C=CCN(Cc1ccc(F)cc1)c1ccc([N+](=O)[O-])c(N)c1F.C=CCNCc1ccc(F)cc1.NCc1ccc(F)cc1.Nc1c([N+](=O)[O-])ccc(F)c1F. The predicted octanol–water partition coefficient (Wildman–Crippen LogP) is 12.4. The van der Waals surface area contributed by atoms with Gasteiger partial charge < -0.3 is 42.8 Å². The van der Waals surface area contributed by atoms with Gasteiger partial charge in [-0.05, 0) is 95.1 Å². The average molecular weight is 1130 g/mol. The zero-order chi connectivity index (χ0) is 60.2. The van der Waals surface area contributed by atoms with Crippen LogP contribution in [0.5, 0.6) is 0 Å². The zero-order valence-electron chi connectivity index (χ0n) is 43.6. The Hall–Kier alpha value is -9.81. The molecule has 0 heterocycles. The third-order valence-electron chi connectivity index (χ3n) is 10.9. The Morgan fingerprint density at radius 2 is 0.926 bits per heavy atom. The minimum atomic E-state index is -1.38. The molecular weight excluding hydrogens is 1070 g/mol. The number of carbonyl (C=O) groups excluding carboxylic acids is 1. The Morgan fingerprint density at radius 3 is 1.32 bits per heavy atom. The number of nitrogen functional groups attached to an aromatic ring is 3. The van der Waals surface area contributed by atoms with Crippen molar-refractivity contribution in [1.82, 2.24) is 5.32 Å². The normalized spacial score (nSPS) is 10.0. The van der Waals surface area contributed by atoms with Gasteiger partial charge in [-0.25, -0.2) is 39.9 Å². The number of nitro groups is 2. The van der Waals surface area contributed by atoms with E-state index in [9.17, 15) is 60.1 Å². The molecule has 0 bridgehead atoms. The number of ether oxygens (including phenoxy) is 1. The lowest BCUT2D eigenvalue weighted by molar-refractivity contribution is -0.384. The first-order valence-electron chi connectivity index (χ1n) is 23.8. The number of anilines is 6. The maximum atomic E-state index is 14.7. The molecular formula is C57H58F8N10O6. The topological polar surface area (TPSA) is 247 Å². The van der Waals surface area contributed by atoms with Crippen LogP contribution < -0.4 is 43.4 Å². The second-order valence-corrected chi connectivity index (χ2v) is 16.6. The van der Waals surface area contributed by atoms with Gasteiger partial charge in [-0.1, -0.05) is 66.8 Å². The van der Waals surface area contributed by atoms with Crippen LogP contribution >= 0.6 is 0 Å². The summed E-state index contributed by atoms with van der Waals surface area (Å²) in [6.07, 6.45) is 4.25. The number of hydrogen-bond donors (Lipinski definition) is 6. The Kier molecular flexibility index (Phi) is 27.1. The van der Waals surface area contributed by atoms with Gasteiger partial charge in [-0.2, -0.15) is 0 Å². The molecule has 7 aromatic rings. The third kappa shape index (κ3) is 21.2. The molecule has 81 heavy (non-hydrogen) atoms. The van der Waals surface area contributed by atoms with Crippen molar-refractivity contribution >= 4 is 51.6 Å². The highest BCUT2D eigenvalue weighted by atomic mass is 19.2. The van der Waals surface area contributed by atoms with E-state index in [2.05, 4.69) is 35.1 Å². The van der Waals surface area contributed by atoms with E-state index in [0.29, 0.717) is 32.2 Å². The monoisotopic (exact) mass is 1130 g/mol. The fraction of sp³-hybridized carbons (Fsp3) is 0.140. The molecule has 7 rings (SSSR count).